The highest BCUT2D eigenvalue weighted by Gasteiger charge is 2.40. The van der Waals surface area contributed by atoms with Gasteiger partial charge in [0.2, 0.25) is 5.69 Å². The third-order valence-electron chi connectivity index (χ3n) is 6.67. The molecule has 1 aromatic heterocycles. The van der Waals surface area contributed by atoms with Crippen LogP contribution in [0.15, 0.2) is 42.5 Å². The van der Waals surface area contributed by atoms with E-state index in [1.165, 1.54) is 0 Å². The van der Waals surface area contributed by atoms with Gasteiger partial charge in [-0.25, -0.2) is 4.85 Å². The molecular weight excluding hydrogens is 466 g/mol. The minimum Gasteiger partial charge on any atom is -0.414 e. The van der Waals surface area contributed by atoms with E-state index in [1.807, 2.05) is 37.3 Å². The number of nitrogens with zero attached hydrogens (tertiary/aromatic N) is 3. The second-order valence-corrected chi connectivity index (χ2v) is 16.1. The Kier molecular flexibility index (Phi) is 7.80. The molecule has 0 saturated heterocycles. The number of hydrogen-bond donors (Lipinski definition) is 0. The lowest BCUT2D eigenvalue weighted by Gasteiger charge is -2.40. The Morgan fingerprint density at radius 2 is 1.79 bits per heavy atom. The fourth-order valence-electron chi connectivity index (χ4n) is 3.51. The quantitative estimate of drug-likeness (QED) is 0.242. The lowest BCUT2D eigenvalue weighted by atomic mass is 9.92. The topological polar surface area (TPSA) is 39.4 Å². The Labute approximate surface area is 207 Å². The summed E-state index contributed by atoms with van der Waals surface area (Å²) in [4.78, 5) is 3.54. The summed E-state index contributed by atoms with van der Waals surface area (Å²) in [6.45, 7) is 22.8. The van der Waals surface area contributed by atoms with Crippen molar-refractivity contribution >= 4 is 36.9 Å². The second kappa shape index (κ2) is 10.1. The lowest BCUT2D eigenvalue weighted by molar-refractivity contribution is 0.167. The Morgan fingerprint density at radius 1 is 1.12 bits per heavy atom. The smallest absolute Gasteiger partial charge is 0.205 e. The molecule has 0 fully saturated rings. The van der Waals surface area contributed by atoms with Crippen LogP contribution in [0.1, 0.15) is 49.7 Å². The Balaban J connectivity index is 2.00. The number of aromatic nitrogens is 2. The van der Waals surface area contributed by atoms with Crippen molar-refractivity contribution in [2.45, 2.75) is 71.2 Å². The molecule has 2 aromatic carbocycles. The molecule has 0 unspecified atom stereocenters. The first-order valence-electron chi connectivity index (χ1n) is 11.2. The van der Waals surface area contributed by atoms with Gasteiger partial charge in [0, 0.05) is 11.5 Å². The highest BCUT2D eigenvalue weighted by molar-refractivity contribution is 7.14. The first-order valence-corrected chi connectivity index (χ1v) is 15.3. The van der Waals surface area contributed by atoms with Crippen molar-refractivity contribution in [3.63, 3.8) is 0 Å². The zero-order valence-electron chi connectivity index (χ0n) is 20.4. The van der Waals surface area contributed by atoms with Crippen molar-refractivity contribution in [1.82, 2.24) is 10.2 Å². The van der Waals surface area contributed by atoms with Gasteiger partial charge in [0.25, 0.3) is 0 Å². The van der Waals surface area contributed by atoms with Crippen molar-refractivity contribution < 1.29 is 4.43 Å². The zero-order valence-corrected chi connectivity index (χ0v) is 23.0. The molecule has 0 aliphatic carbocycles. The third-order valence-corrected chi connectivity index (χ3v) is 12.8. The molecular formula is C26H32ClN3OSSi. The zero-order chi connectivity index (χ0) is 24.4. The average Bonchev–Trinajstić information content (AvgIpc) is 3.24. The maximum atomic E-state index is 7.35. The largest absolute Gasteiger partial charge is 0.414 e. The normalized spacial score (nSPS) is 14.0. The molecule has 0 aliphatic heterocycles. The number of rotatable bonds is 7. The average molecular weight is 498 g/mol. The van der Waals surface area contributed by atoms with Gasteiger partial charge < -0.3 is 4.43 Å². The van der Waals surface area contributed by atoms with Gasteiger partial charge in [-0.3, -0.25) is 0 Å². The van der Waals surface area contributed by atoms with Gasteiger partial charge >= 0.3 is 0 Å². The summed E-state index contributed by atoms with van der Waals surface area (Å²) in [6.07, 6.45) is 0.685. The lowest BCUT2D eigenvalue weighted by Crippen LogP contribution is -2.44. The van der Waals surface area contributed by atoms with E-state index in [0.29, 0.717) is 10.7 Å². The highest BCUT2D eigenvalue weighted by atomic mass is 35.5. The van der Waals surface area contributed by atoms with Crippen LogP contribution in [-0.2, 0) is 10.8 Å². The molecule has 1 heterocycles. The number of halogens is 1. The van der Waals surface area contributed by atoms with Crippen LogP contribution in [0, 0.1) is 13.5 Å². The van der Waals surface area contributed by atoms with E-state index in [2.05, 4.69) is 68.0 Å². The van der Waals surface area contributed by atoms with Crippen molar-refractivity contribution in [1.29, 1.82) is 0 Å². The summed E-state index contributed by atoms with van der Waals surface area (Å²) < 4.78 is 6.82. The minimum atomic E-state index is -1.99. The number of benzene rings is 2. The van der Waals surface area contributed by atoms with Crippen molar-refractivity contribution in [3.8, 4) is 10.6 Å². The van der Waals surface area contributed by atoms with Crippen LogP contribution in [0.2, 0.25) is 23.2 Å². The fraction of sp³-hybridized carbons (Fsp3) is 0.423. The van der Waals surface area contributed by atoms with Crippen LogP contribution in [-0.4, -0.2) is 24.6 Å². The van der Waals surface area contributed by atoms with Gasteiger partial charge in [-0.1, -0.05) is 86.2 Å². The van der Waals surface area contributed by atoms with Crippen molar-refractivity contribution in [2.24, 2.45) is 0 Å². The molecule has 2 atom stereocenters. The van der Waals surface area contributed by atoms with E-state index in [0.717, 1.165) is 33.1 Å². The summed E-state index contributed by atoms with van der Waals surface area (Å²) in [5.74, 6) is 0.0302. The van der Waals surface area contributed by atoms with Crippen LogP contribution in [0.3, 0.4) is 0 Å². The molecule has 4 nitrogen and oxygen atoms in total. The second-order valence-electron chi connectivity index (χ2n) is 10.00. The highest BCUT2D eigenvalue weighted by Crippen LogP contribution is 2.41. The molecule has 0 radical (unpaired) electrons. The van der Waals surface area contributed by atoms with E-state index in [-0.39, 0.29) is 17.1 Å². The van der Waals surface area contributed by atoms with Crippen molar-refractivity contribution in [2.75, 3.05) is 0 Å². The Hall–Kier alpha value is -2.04. The molecule has 0 bridgehead atoms. The molecule has 0 amide bonds. The third kappa shape index (κ3) is 5.72. The van der Waals surface area contributed by atoms with Crippen LogP contribution in [0.25, 0.3) is 15.4 Å². The van der Waals surface area contributed by atoms with Crippen LogP contribution in [0.4, 0.5) is 5.69 Å². The summed E-state index contributed by atoms with van der Waals surface area (Å²) in [5, 5.41) is 11.6. The van der Waals surface area contributed by atoms with Gasteiger partial charge in [0.1, 0.15) is 10.0 Å². The summed E-state index contributed by atoms with van der Waals surface area (Å²) in [5.41, 5.74) is 3.61. The maximum Gasteiger partial charge on any atom is 0.205 e. The van der Waals surface area contributed by atoms with Crippen LogP contribution < -0.4 is 0 Å². The summed E-state index contributed by atoms with van der Waals surface area (Å²) in [6, 6.07) is 14.0. The van der Waals surface area contributed by atoms with E-state index < -0.39 is 8.32 Å². The molecule has 0 saturated carbocycles. The van der Waals surface area contributed by atoms with Crippen molar-refractivity contribution in [3.05, 3.63) is 75.0 Å². The van der Waals surface area contributed by atoms with Gasteiger partial charge in [-0.05, 0) is 49.5 Å². The van der Waals surface area contributed by atoms with E-state index in [1.54, 1.807) is 11.3 Å². The van der Waals surface area contributed by atoms with E-state index in [4.69, 9.17) is 22.6 Å². The fourth-order valence-corrected chi connectivity index (χ4v) is 6.23. The van der Waals surface area contributed by atoms with Gasteiger partial charge in [-0.2, -0.15) is 0 Å². The molecule has 3 aromatic rings. The molecule has 3 rings (SSSR count). The molecule has 33 heavy (non-hydrogen) atoms. The number of hydrogen-bond acceptors (Lipinski definition) is 4. The predicted octanol–water partition coefficient (Wildman–Crippen LogP) is 8.45. The monoisotopic (exact) mass is 497 g/mol. The van der Waals surface area contributed by atoms with E-state index in [9.17, 15) is 0 Å². The Bertz CT molecular complexity index is 1150. The Morgan fingerprint density at radius 3 is 2.39 bits per heavy atom. The van der Waals surface area contributed by atoms with Crippen LogP contribution in [0.5, 0.6) is 0 Å². The minimum absolute atomic E-state index is 0.0302. The van der Waals surface area contributed by atoms with Gasteiger partial charge in [0.15, 0.2) is 8.32 Å². The van der Waals surface area contributed by atoms with E-state index >= 15 is 0 Å². The standard InChI is InChI=1S/C26H32ClN3OSSi/c1-17-20(14-15-22(28-6)23(17)27)16-21(18(2)31-33(7,8)26(3,4)5)25-30-29-24(32-25)19-12-10-9-11-13-19/h9-15,18,21H,16H2,1-5,7-8H3/t18-,21-/m1/s1. The summed E-state index contributed by atoms with van der Waals surface area (Å²) >= 11 is 8.12. The molecule has 0 aliphatic rings. The van der Waals surface area contributed by atoms with Crippen LogP contribution >= 0.6 is 22.9 Å². The molecule has 7 heteroatoms. The summed E-state index contributed by atoms with van der Waals surface area (Å²) in [7, 11) is -1.99. The van der Waals surface area contributed by atoms with Gasteiger partial charge in [-0.15, -0.1) is 10.2 Å². The first-order chi connectivity index (χ1) is 15.4. The molecule has 174 valence electrons. The predicted molar refractivity (Wildman–Crippen MR) is 142 cm³/mol. The maximum absolute atomic E-state index is 7.35. The SMILES string of the molecule is [C-]#[N+]c1ccc(C[C@@H](c2nnc(-c3ccccc3)s2)[C@@H](C)O[Si](C)(C)C(C)(C)C)c(C)c1Cl. The first kappa shape index (κ1) is 25.6. The molecule has 0 N–H and O–H groups in total. The van der Waals surface area contributed by atoms with Gasteiger partial charge in [0.05, 0.1) is 17.7 Å². The molecule has 0 spiro atoms.